The average Bonchev–Trinajstić information content (AvgIpc) is 2.38. The third-order valence-electron chi connectivity index (χ3n) is 3.03. The summed E-state index contributed by atoms with van der Waals surface area (Å²) in [5.41, 5.74) is 1.09. The van der Waals surface area contributed by atoms with E-state index in [4.69, 9.17) is 16.3 Å². The van der Waals surface area contributed by atoms with E-state index in [1.807, 2.05) is 18.2 Å². The lowest BCUT2D eigenvalue weighted by Crippen LogP contribution is -2.11. The second kappa shape index (κ2) is 5.42. The predicted molar refractivity (Wildman–Crippen MR) is 73.9 cm³/mol. The molecular formula is C15H17ClO. The van der Waals surface area contributed by atoms with Crippen molar-refractivity contribution < 1.29 is 4.74 Å². The largest absolute Gasteiger partial charge is 0.490 e. The van der Waals surface area contributed by atoms with Crippen molar-refractivity contribution in [3.8, 4) is 5.75 Å². The minimum atomic E-state index is 0.220. The van der Waals surface area contributed by atoms with Gasteiger partial charge >= 0.3 is 0 Å². The van der Waals surface area contributed by atoms with E-state index in [-0.39, 0.29) is 6.10 Å². The van der Waals surface area contributed by atoms with Crippen molar-refractivity contribution >= 4 is 22.4 Å². The van der Waals surface area contributed by atoms with Crippen LogP contribution in [0.1, 0.15) is 25.8 Å². The van der Waals surface area contributed by atoms with Gasteiger partial charge in [-0.05, 0) is 30.2 Å². The molecule has 0 N–H and O–H groups in total. The molecule has 0 amide bonds. The summed E-state index contributed by atoms with van der Waals surface area (Å²) in [5, 5.41) is 2.39. The van der Waals surface area contributed by atoms with Crippen LogP contribution in [-0.4, -0.2) is 6.10 Å². The predicted octanol–water partition coefficient (Wildman–Crippen LogP) is 4.76. The molecule has 0 radical (unpaired) electrons. The summed E-state index contributed by atoms with van der Waals surface area (Å²) in [4.78, 5) is 0. The second-order valence-electron chi connectivity index (χ2n) is 4.23. The van der Waals surface area contributed by atoms with E-state index in [1.165, 1.54) is 10.8 Å². The number of fused-ring (bicyclic) bond motifs is 1. The Morgan fingerprint density at radius 1 is 1.18 bits per heavy atom. The zero-order valence-corrected chi connectivity index (χ0v) is 11.0. The van der Waals surface area contributed by atoms with Gasteiger partial charge in [-0.2, -0.15) is 0 Å². The van der Waals surface area contributed by atoms with Gasteiger partial charge in [0.15, 0.2) is 0 Å². The summed E-state index contributed by atoms with van der Waals surface area (Å²) in [6.07, 6.45) is 1.22. The van der Waals surface area contributed by atoms with Crippen LogP contribution in [0.3, 0.4) is 0 Å². The summed E-state index contributed by atoms with van der Waals surface area (Å²) < 4.78 is 5.91. The normalized spacial score (nSPS) is 12.6. The molecule has 2 rings (SSSR count). The molecule has 0 bridgehead atoms. The fourth-order valence-electron chi connectivity index (χ4n) is 1.86. The molecular weight excluding hydrogens is 232 g/mol. The van der Waals surface area contributed by atoms with Gasteiger partial charge in [0, 0.05) is 5.56 Å². The molecule has 0 aliphatic heterocycles. The third-order valence-corrected chi connectivity index (χ3v) is 3.30. The number of rotatable bonds is 4. The highest BCUT2D eigenvalue weighted by molar-refractivity contribution is 6.18. The third kappa shape index (κ3) is 2.55. The molecule has 17 heavy (non-hydrogen) atoms. The number of benzene rings is 2. The molecule has 2 aromatic carbocycles. The molecule has 2 aromatic rings. The molecule has 0 aliphatic rings. The van der Waals surface area contributed by atoms with E-state index in [0.717, 1.165) is 17.7 Å². The zero-order valence-electron chi connectivity index (χ0n) is 10.2. The Bertz CT molecular complexity index is 507. The van der Waals surface area contributed by atoms with Crippen molar-refractivity contribution in [3.05, 3.63) is 42.0 Å². The van der Waals surface area contributed by atoms with Crippen molar-refractivity contribution in [2.75, 3.05) is 0 Å². The maximum atomic E-state index is 6.06. The molecule has 1 atom stereocenters. The van der Waals surface area contributed by atoms with Crippen molar-refractivity contribution in [1.29, 1.82) is 0 Å². The van der Waals surface area contributed by atoms with Crippen LogP contribution in [0, 0.1) is 0 Å². The molecule has 0 saturated carbocycles. The Morgan fingerprint density at radius 2 is 1.94 bits per heavy atom. The molecule has 90 valence electrons. The minimum Gasteiger partial charge on any atom is -0.490 e. The Balaban J connectivity index is 2.49. The lowest BCUT2D eigenvalue weighted by Gasteiger charge is -2.16. The molecule has 0 fully saturated rings. The van der Waals surface area contributed by atoms with Crippen molar-refractivity contribution in [1.82, 2.24) is 0 Å². The van der Waals surface area contributed by atoms with Crippen LogP contribution >= 0.6 is 11.6 Å². The summed E-state index contributed by atoms with van der Waals surface area (Å²) in [6, 6.07) is 12.4. The van der Waals surface area contributed by atoms with Crippen LogP contribution in [-0.2, 0) is 5.88 Å². The van der Waals surface area contributed by atoms with Gasteiger partial charge < -0.3 is 4.74 Å². The van der Waals surface area contributed by atoms with Crippen molar-refractivity contribution in [2.45, 2.75) is 32.3 Å². The van der Waals surface area contributed by atoms with E-state index in [1.54, 1.807) is 0 Å². The SMILES string of the molecule is CCC(C)Oc1ccc2ccccc2c1CCl. The summed E-state index contributed by atoms with van der Waals surface area (Å²) in [6.45, 7) is 4.19. The highest BCUT2D eigenvalue weighted by Gasteiger charge is 2.09. The van der Waals surface area contributed by atoms with E-state index in [9.17, 15) is 0 Å². The number of halogens is 1. The summed E-state index contributed by atoms with van der Waals surface area (Å²) in [7, 11) is 0. The zero-order chi connectivity index (χ0) is 12.3. The fourth-order valence-corrected chi connectivity index (χ4v) is 2.14. The first-order valence-electron chi connectivity index (χ1n) is 5.99. The molecule has 0 aliphatic carbocycles. The molecule has 0 aromatic heterocycles. The van der Waals surface area contributed by atoms with E-state index in [2.05, 4.69) is 32.0 Å². The highest BCUT2D eigenvalue weighted by atomic mass is 35.5. The minimum absolute atomic E-state index is 0.220. The summed E-state index contributed by atoms with van der Waals surface area (Å²) >= 11 is 6.06. The van der Waals surface area contributed by atoms with Crippen LogP contribution in [0.15, 0.2) is 36.4 Å². The topological polar surface area (TPSA) is 9.23 Å². The van der Waals surface area contributed by atoms with Gasteiger partial charge in [0.1, 0.15) is 5.75 Å². The maximum absolute atomic E-state index is 6.06. The van der Waals surface area contributed by atoms with Crippen LogP contribution in [0.4, 0.5) is 0 Å². The van der Waals surface area contributed by atoms with Crippen LogP contribution in [0.2, 0.25) is 0 Å². The average molecular weight is 249 g/mol. The second-order valence-corrected chi connectivity index (χ2v) is 4.50. The van der Waals surface area contributed by atoms with Gasteiger partial charge in [-0.15, -0.1) is 11.6 Å². The highest BCUT2D eigenvalue weighted by Crippen LogP contribution is 2.30. The van der Waals surface area contributed by atoms with Gasteiger partial charge in [-0.3, -0.25) is 0 Å². The number of hydrogen-bond donors (Lipinski definition) is 0. The molecule has 1 nitrogen and oxygen atoms in total. The van der Waals surface area contributed by atoms with Gasteiger partial charge in [0.2, 0.25) is 0 Å². The quantitative estimate of drug-likeness (QED) is 0.709. The lowest BCUT2D eigenvalue weighted by molar-refractivity contribution is 0.216. The first-order valence-corrected chi connectivity index (χ1v) is 6.53. The fraction of sp³-hybridized carbons (Fsp3) is 0.333. The first-order chi connectivity index (χ1) is 8.26. The maximum Gasteiger partial charge on any atom is 0.124 e. The number of ether oxygens (including phenoxy) is 1. The van der Waals surface area contributed by atoms with E-state index in [0.29, 0.717) is 5.88 Å². The summed E-state index contributed by atoms with van der Waals surface area (Å²) in [5.74, 6) is 1.39. The van der Waals surface area contributed by atoms with Crippen molar-refractivity contribution in [3.63, 3.8) is 0 Å². The Labute approximate surface area is 107 Å². The standard InChI is InChI=1S/C15H17ClO/c1-3-11(2)17-15-9-8-12-6-4-5-7-13(12)14(15)10-16/h4-9,11H,3,10H2,1-2H3. The molecule has 2 heteroatoms. The monoisotopic (exact) mass is 248 g/mol. The molecule has 0 saturated heterocycles. The molecule has 0 spiro atoms. The first kappa shape index (κ1) is 12.3. The van der Waals surface area contributed by atoms with E-state index < -0.39 is 0 Å². The van der Waals surface area contributed by atoms with Crippen LogP contribution in [0.5, 0.6) is 5.75 Å². The van der Waals surface area contributed by atoms with E-state index >= 15 is 0 Å². The van der Waals surface area contributed by atoms with Gasteiger partial charge in [0.05, 0.1) is 12.0 Å². The van der Waals surface area contributed by atoms with Crippen molar-refractivity contribution in [2.24, 2.45) is 0 Å². The Morgan fingerprint density at radius 3 is 2.65 bits per heavy atom. The smallest absolute Gasteiger partial charge is 0.124 e. The number of hydrogen-bond acceptors (Lipinski definition) is 1. The Kier molecular flexibility index (Phi) is 3.90. The van der Waals surface area contributed by atoms with Gasteiger partial charge in [0.25, 0.3) is 0 Å². The van der Waals surface area contributed by atoms with Gasteiger partial charge in [-0.25, -0.2) is 0 Å². The number of alkyl halides is 1. The Hall–Kier alpha value is -1.21. The lowest BCUT2D eigenvalue weighted by atomic mass is 10.0. The van der Waals surface area contributed by atoms with Gasteiger partial charge in [-0.1, -0.05) is 37.3 Å². The molecule has 0 heterocycles. The molecule has 1 unspecified atom stereocenters. The van der Waals surface area contributed by atoms with Crippen LogP contribution < -0.4 is 4.74 Å². The van der Waals surface area contributed by atoms with Crippen LogP contribution in [0.25, 0.3) is 10.8 Å².